The number of carbonyl (C=O) groups excluding carboxylic acids is 1. The van der Waals surface area contributed by atoms with Crippen molar-refractivity contribution in [1.82, 2.24) is 9.55 Å². The maximum Gasteiger partial charge on any atom is 0.344 e. The molecule has 2 aromatic heterocycles. The Morgan fingerprint density at radius 1 is 0.939 bits per heavy atom. The van der Waals surface area contributed by atoms with Gasteiger partial charge in [-0.3, -0.25) is 9.36 Å². The first-order valence-electron chi connectivity index (χ1n) is 10.3. The summed E-state index contributed by atoms with van der Waals surface area (Å²) in [6.45, 7) is 0.216. The monoisotopic (exact) mass is 438 g/mol. The average molecular weight is 438 g/mol. The van der Waals surface area contributed by atoms with E-state index in [1.165, 1.54) is 10.9 Å². The number of hydrogen-bond donors (Lipinski definition) is 0. The summed E-state index contributed by atoms with van der Waals surface area (Å²) in [4.78, 5) is 41.5. The minimum absolute atomic E-state index is 0.0226. The lowest BCUT2D eigenvalue weighted by atomic mass is 10.0. The Hall–Kier alpha value is -4.52. The summed E-state index contributed by atoms with van der Waals surface area (Å²) in [6, 6.07) is 22.7. The van der Waals surface area contributed by atoms with Crippen LogP contribution in [-0.2, 0) is 11.3 Å². The molecule has 0 saturated carbocycles. The van der Waals surface area contributed by atoms with E-state index in [1.807, 2.05) is 18.2 Å². The van der Waals surface area contributed by atoms with E-state index in [4.69, 9.17) is 9.15 Å². The van der Waals surface area contributed by atoms with Gasteiger partial charge in [-0.05, 0) is 42.0 Å². The highest BCUT2D eigenvalue weighted by atomic mass is 16.5. The van der Waals surface area contributed by atoms with E-state index in [-0.39, 0.29) is 18.7 Å². The molecule has 0 atom stereocenters. The summed E-state index contributed by atoms with van der Waals surface area (Å²) in [5.41, 5.74) is 1.90. The number of benzene rings is 3. The molecular formula is C26H18N2O5. The van der Waals surface area contributed by atoms with Crippen molar-refractivity contribution in [3.63, 3.8) is 0 Å². The van der Waals surface area contributed by atoms with Crippen molar-refractivity contribution in [3.8, 4) is 11.1 Å². The Morgan fingerprint density at radius 3 is 2.55 bits per heavy atom. The Balaban J connectivity index is 1.28. The highest BCUT2D eigenvalue weighted by molar-refractivity contribution is 5.90. The lowest BCUT2D eigenvalue weighted by Crippen LogP contribution is -2.23. The summed E-state index contributed by atoms with van der Waals surface area (Å²) < 4.78 is 12.1. The van der Waals surface area contributed by atoms with E-state index >= 15 is 0 Å². The van der Waals surface area contributed by atoms with Crippen molar-refractivity contribution in [2.75, 3.05) is 6.61 Å². The van der Waals surface area contributed by atoms with E-state index in [0.717, 1.165) is 5.39 Å². The zero-order valence-corrected chi connectivity index (χ0v) is 17.4. The topological polar surface area (TPSA) is 91.4 Å². The summed E-state index contributed by atoms with van der Waals surface area (Å²) >= 11 is 0. The predicted octanol–water partition coefficient (Wildman–Crippen LogP) is 4.03. The van der Waals surface area contributed by atoms with Gasteiger partial charge in [-0.1, -0.05) is 42.5 Å². The van der Waals surface area contributed by atoms with Gasteiger partial charge in [-0.15, -0.1) is 0 Å². The summed E-state index contributed by atoms with van der Waals surface area (Å²) in [5, 5.41) is 1.33. The molecule has 0 fully saturated rings. The van der Waals surface area contributed by atoms with Crippen LogP contribution in [0.3, 0.4) is 0 Å². The van der Waals surface area contributed by atoms with Gasteiger partial charge in [0, 0.05) is 5.39 Å². The van der Waals surface area contributed by atoms with E-state index in [0.29, 0.717) is 33.2 Å². The van der Waals surface area contributed by atoms with Crippen LogP contribution in [0.15, 0.2) is 99.2 Å². The predicted molar refractivity (Wildman–Crippen MR) is 124 cm³/mol. The molecule has 0 amide bonds. The molecule has 0 unspecified atom stereocenters. The molecule has 5 rings (SSSR count). The number of ether oxygens (including phenoxy) is 1. The fraction of sp³-hybridized carbons (Fsp3) is 0.0769. The van der Waals surface area contributed by atoms with Crippen LogP contribution in [0.4, 0.5) is 0 Å². The number of aromatic nitrogens is 2. The number of fused-ring (bicyclic) bond motifs is 2. The molecule has 5 aromatic rings. The molecule has 0 aliphatic carbocycles. The van der Waals surface area contributed by atoms with Gasteiger partial charge in [0.15, 0.2) is 0 Å². The standard InChI is InChI=1S/C26H18N2O5/c29-24-20-6-2-3-7-22(20)27-16-28(24)13-14-32-25(30)18-11-9-17(10-12-18)21-15-19-5-1-4-8-23(19)33-26(21)31/h1-12,15-16H,13-14H2. The van der Waals surface area contributed by atoms with Crippen molar-refractivity contribution in [3.05, 3.63) is 112 Å². The van der Waals surface area contributed by atoms with Gasteiger partial charge >= 0.3 is 11.6 Å². The summed E-state index contributed by atoms with van der Waals surface area (Å²) in [6.07, 6.45) is 1.45. The Bertz CT molecular complexity index is 1600. The van der Waals surface area contributed by atoms with Crippen molar-refractivity contribution >= 4 is 27.8 Å². The first kappa shape index (κ1) is 20.4. The van der Waals surface area contributed by atoms with E-state index in [9.17, 15) is 14.4 Å². The third kappa shape index (κ3) is 4.04. The highest BCUT2D eigenvalue weighted by Crippen LogP contribution is 2.21. The van der Waals surface area contributed by atoms with Crippen LogP contribution < -0.4 is 11.2 Å². The fourth-order valence-electron chi connectivity index (χ4n) is 3.63. The quantitative estimate of drug-likeness (QED) is 0.304. The van der Waals surface area contributed by atoms with E-state index in [2.05, 4.69) is 4.98 Å². The summed E-state index contributed by atoms with van der Waals surface area (Å²) in [5.74, 6) is -0.520. The highest BCUT2D eigenvalue weighted by Gasteiger charge is 2.11. The lowest BCUT2D eigenvalue weighted by molar-refractivity contribution is 0.0490. The molecule has 33 heavy (non-hydrogen) atoms. The molecule has 0 aliphatic heterocycles. The number of para-hydroxylation sites is 2. The molecule has 0 spiro atoms. The van der Waals surface area contributed by atoms with Gasteiger partial charge in [0.25, 0.3) is 5.56 Å². The van der Waals surface area contributed by atoms with Crippen LogP contribution in [0.2, 0.25) is 0 Å². The normalized spacial score (nSPS) is 11.0. The second kappa shape index (κ2) is 8.55. The van der Waals surface area contributed by atoms with Crippen LogP contribution in [-0.4, -0.2) is 22.1 Å². The zero-order chi connectivity index (χ0) is 22.8. The van der Waals surface area contributed by atoms with Crippen LogP contribution in [0.5, 0.6) is 0 Å². The third-order valence-electron chi connectivity index (χ3n) is 5.37. The number of nitrogens with zero attached hydrogens (tertiary/aromatic N) is 2. The molecule has 0 bridgehead atoms. The minimum Gasteiger partial charge on any atom is -0.460 e. The third-order valence-corrected chi connectivity index (χ3v) is 5.37. The van der Waals surface area contributed by atoms with Gasteiger partial charge in [-0.2, -0.15) is 0 Å². The Labute approximate surface area is 187 Å². The summed E-state index contributed by atoms with van der Waals surface area (Å²) in [7, 11) is 0. The molecule has 3 aromatic carbocycles. The maximum absolute atomic E-state index is 12.5. The molecule has 162 valence electrons. The van der Waals surface area contributed by atoms with Gasteiger partial charge in [-0.25, -0.2) is 14.6 Å². The van der Waals surface area contributed by atoms with Crippen molar-refractivity contribution in [2.45, 2.75) is 6.54 Å². The van der Waals surface area contributed by atoms with Gasteiger partial charge < -0.3 is 9.15 Å². The Kier molecular flexibility index (Phi) is 5.28. The molecule has 0 N–H and O–H groups in total. The number of carbonyl (C=O) groups is 1. The molecular weight excluding hydrogens is 420 g/mol. The van der Waals surface area contributed by atoms with Gasteiger partial charge in [0.05, 0.1) is 34.9 Å². The molecule has 0 saturated heterocycles. The molecule has 0 radical (unpaired) electrons. The fourth-order valence-corrected chi connectivity index (χ4v) is 3.63. The minimum atomic E-state index is -0.520. The van der Waals surface area contributed by atoms with E-state index < -0.39 is 11.6 Å². The zero-order valence-electron chi connectivity index (χ0n) is 17.4. The van der Waals surface area contributed by atoms with Crippen LogP contribution in [0.25, 0.3) is 33.0 Å². The van der Waals surface area contributed by atoms with Crippen molar-refractivity contribution in [2.24, 2.45) is 0 Å². The van der Waals surface area contributed by atoms with Crippen LogP contribution in [0, 0.1) is 0 Å². The van der Waals surface area contributed by atoms with Crippen LogP contribution in [0.1, 0.15) is 10.4 Å². The van der Waals surface area contributed by atoms with Gasteiger partial charge in [0.2, 0.25) is 0 Å². The second-order valence-corrected chi connectivity index (χ2v) is 7.46. The van der Waals surface area contributed by atoms with Crippen molar-refractivity contribution in [1.29, 1.82) is 0 Å². The SMILES string of the molecule is O=C(OCCn1cnc2ccccc2c1=O)c1ccc(-c2cc3ccccc3oc2=O)cc1. The lowest BCUT2D eigenvalue weighted by Gasteiger charge is -2.08. The van der Waals surface area contributed by atoms with E-state index in [1.54, 1.807) is 60.7 Å². The number of hydrogen-bond acceptors (Lipinski definition) is 6. The molecule has 7 heteroatoms. The Morgan fingerprint density at radius 2 is 1.70 bits per heavy atom. The van der Waals surface area contributed by atoms with Crippen molar-refractivity contribution < 1.29 is 13.9 Å². The van der Waals surface area contributed by atoms with Gasteiger partial charge in [0.1, 0.15) is 12.2 Å². The smallest absolute Gasteiger partial charge is 0.344 e. The molecule has 7 nitrogen and oxygen atoms in total. The first-order chi connectivity index (χ1) is 16.1. The second-order valence-electron chi connectivity index (χ2n) is 7.46. The maximum atomic E-state index is 12.5. The number of esters is 1. The largest absolute Gasteiger partial charge is 0.460 e. The van der Waals surface area contributed by atoms with Crippen LogP contribution >= 0.6 is 0 Å². The first-order valence-corrected chi connectivity index (χ1v) is 10.3. The molecule has 2 heterocycles. The number of rotatable bonds is 5. The average Bonchev–Trinajstić information content (AvgIpc) is 2.85. The molecule has 0 aliphatic rings.